The van der Waals surface area contributed by atoms with E-state index in [4.69, 9.17) is 9.47 Å². The molecule has 5 aromatic rings. The van der Waals surface area contributed by atoms with Crippen molar-refractivity contribution >= 4 is 45.8 Å². The number of rotatable bonds is 9. The highest BCUT2D eigenvalue weighted by Crippen LogP contribution is 2.26. The molecule has 1 aliphatic heterocycles. The Morgan fingerprint density at radius 1 is 0.684 bits per heavy atom. The van der Waals surface area contributed by atoms with E-state index in [2.05, 4.69) is 32.7 Å². The number of aliphatic hydroxyl groups excluding tert-OH is 1. The van der Waals surface area contributed by atoms with Crippen LogP contribution in [0.25, 0.3) is 21.8 Å². The highest BCUT2D eigenvalue weighted by atomic mass is 16.6. The van der Waals surface area contributed by atoms with Crippen molar-refractivity contribution in [1.29, 1.82) is 0 Å². The number of ether oxygens (including phenoxy) is 2. The maximum atomic E-state index is 12.9. The number of carbonyl (C=O) groups is 4. The number of imide groups is 1. The largest absolute Gasteiger partial charge is 0.444 e. The van der Waals surface area contributed by atoms with Gasteiger partial charge in [0.1, 0.15) is 11.2 Å². The molecule has 0 unspecified atom stereocenters. The van der Waals surface area contributed by atoms with Gasteiger partial charge in [-0.2, -0.15) is 0 Å². The van der Waals surface area contributed by atoms with Gasteiger partial charge in [-0.25, -0.2) is 9.59 Å². The second-order valence-corrected chi connectivity index (χ2v) is 15.8. The Morgan fingerprint density at radius 2 is 1.09 bits per heavy atom. The molecule has 3 aromatic carbocycles. The number of hydrogen-bond donors (Lipinski definition) is 5. The summed E-state index contributed by atoms with van der Waals surface area (Å²) in [6, 6.07) is 18.2. The molecule has 12 nitrogen and oxygen atoms in total. The second kappa shape index (κ2) is 19.5. The van der Waals surface area contributed by atoms with E-state index >= 15 is 0 Å². The van der Waals surface area contributed by atoms with Crippen LogP contribution >= 0.6 is 0 Å². The number of H-pyrrole nitrogens is 2. The minimum atomic E-state index is -0.665. The number of aromatic nitrogens is 2. The molecule has 0 fully saturated rings. The molecular formula is C45H63N5O7. The monoisotopic (exact) mass is 785 g/mol. The van der Waals surface area contributed by atoms with Crippen LogP contribution in [0.4, 0.5) is 9.59 Å². The average Bonchev–Trinajstić information content (AvgIpc) is 3.73. The third-order valence-corrected chi connectivity index (χ3v) is 8.72. The number of nitrogens with one attached hydrogen (secondary N) is 4. The summed E-state index contributed by atoms with van der Waals surface area (Å²) in [5.41, 5.74) is 5.94. The Labute approximate surface area is 337 Å². The number of hydrogen-bond acceptors (Lipinski definition) is 7. The van der Waals surface area contributed by atoms with Gasteiger partial charge < -0.3 is 35.2 Å². The number of benzene rings is 3. The summed E-state index contributed by atoms with van der Waals surface area (Å²) < 4.78 is 10.7. The first kappa shape index (κ1) is 47.5. The standard InChI is InChI=1S/C25H27N3O4.C17H24N2O3.3CH4/c1-15-9-10-21-20(11-15)16(13-26-21)12-17(27-24(31)32-25(2,3)4)14-28-22(29)18-7-5-6-8-19(18)23(28)30;1-11-5-6-15-14(7-11)12(9-18-15)8-13(10-20)19-16(21)22-17(2,3)4;;;/h5-11,13,17,26H,12,14H2,1-4H3,(H,27,31);5-7,9,13,18,20H,8,10H2,1-4H3,(H,19,21);3*1H4/t17-;13-;;;/m11.../s1. The number of aromatic amines is 2. The maximum Gasteiger partial charge on any atom is 0.407 e. The molecule has 1 aliphatic rings. The van der Waals surface area contributed by atoms with Gasteiger partial charge in [0.25, 0.3) is 11.8 Å². The fraction of sp³-hybridized carbons (Fsp3) is 0.422. The van der Waals surface area contributed by atoms with E-state index in [1.165, 1.54) is 10.5 Å². The molecule has 0 spiro atoms. The van der Waals surface area contributed by atoms with Gasteiger partial charge in [0.05, 0.1) is 36.4 Å². The lowest BCUT2D eigenvalue weighted by Crippen LogP contribution is -2.48. The smallest absolute Gasteiger partial charge is 0.407 e. The normalized spacial score (nSPS) is 13.2. The first-order chi connectivity index (χ1) is 25.4. The fourth-order valence-corrected chi connectivity index (χ4v) is 6.35. The molecule has 6 rings (SSSR count). The van der Waals surface area contributed by atoms with Crippen LogP contribution in [-0.2, 0) is 22.3 Å². The van der Waals surface area contributed by atoms with Crippen molar-refractivity contribution < 1.29 is 33.8 Å². The van der Waals surface area contributed by atoms with E-state index in [-0.39, 0.29) is 53.3 Å². The molecule has 0 saturated heterocycles. The van der Waals surface area contributed by atoms with E-state index in [0.717, 1.165) is 38.5 Å². The van der Waals surface area contributed by atoms with Crippen LogP contribution in [0.15, 0.2) is 73.1 Å². The predicted molar refractivity (Wildman–Crippen MR) is 229 cm³/mol. The summed E-state index contributed by atoms with van der Waals surface area (Å²) in [7, 11) is 0. The molecule has 2 atom stereocenters. The van der Waals surface area contributed by atoms with Crippen LogP contribution in [-0.4, -0.2) is 80.4 Å². The van der Waals surface area contributed by atoms with Crippen LogP contribution in [0.1, 0.15) is 107 Å². The van der Waals surface area contributed by atoms with Crippen LogP contribution in [0, 0.1) is 13.8 Å². The first-order valence-electron chi connectivity index (χ1n) is 18.1. The molecular weight excluding hydrogens is 723 g/mol. The van der Waals surface area contributed by atoms with Crippen LogP contribution in [0.3, 0.4) is 0 Å². The van der Waals surface area contributed by atoms with Crippen LogP contribution in [0.2, 0.25) is 0 Å². The van der Waals surface area contributed by atoms with Gasteiger partial charge in [0.15, 0.2) is 0 Å². The van der Waals surface area contributed by atoms with Gasteiger partial charge in [-0.15, -0.1) is 0 Å². The number of fused-ring (bicyclic) bond motifs is 3. The van der Waals surface area contributed by atoms with E-state index in [1.54, 1.807) is 45.0 Å². The zero-order chi connectivity index (χ0) is 39.4. The highest BCUT2D eigenvalue weighted by molar-refractivity contribution is 6.21. The summed E-state index contributed by atoms with van der Waals surface area (Å²) >= 11 is 0. The fourth-order valence-electron chi connectivity index (χ4n) is 6.35. The molecule has 4 amide bonds. The van der Waals surface area contributed by atoms with Crippen molar-refractivity contribution in [3.63, 3.8) is 0 Å². The summed E-state index contributed by atoms with van der Waals surface area (Å²) in [5, 5.41) is 17.3. The van der Waals surface area contributed by atoms with E-state index in [9.17, 15) is 24.3 Å². The van der Waals surface area contributed by atoms with Crippen LogP contribution < -0.4 is 10.6 Å². The number of nitrogens with zero attached hydrogens (tertiary/aromatic N) is 1. The lowest BCUT2D eigenvalue weighted by atomic mass is 10.0. The number of carbonyl (C=O) groups excluding carboxylic acids is 4. The topological polar surface area (TPSA) is 166 Å². The zero-order valence-electron chi connectivity index (χ0n) is 32.3. The number of amides is 4. The van der Waals surface area contributed by atoms with Crippen molar-refractivity contribution in [2.75, 3.05) is 13.2 Å². The molecule has 57 heavy (non-hydrogen) atoms. The van der Waals surface area contributed by atoms with E-state index < -0.39 is 29.4 Å². The van der Waals surface area contributed by atoms with E-state index in [1.807, 2.05) is 71.3 Å². The molecule has 0 bridgehead atoms. The lowest BCUT2D eigenvalue weighted by Gasteiger charge is -2.26. The number of aryl methyl sites for hydroxylation is 2. The predicted octanol–water partition coefficient (Wildman–Crippen LogP) is 9.02. The molecule has 2 aromatic heterocycles. The minimum Gasteiger partial charge on any atom is -0.444 e. The van der Waals surface area contributed by atoms with Crippen molar-refractivity contribution in [1.82, 2.24) is 25.5 Å². The second-order valence-electron chi connectivity index (χ2n) is 15.8. The Kier molecular flexibility index (Phi) is 16.3. The first-order valence-corrected chi connectivity index (χ1v) is 18.1. The highest BCUT2D eigenvalue weighted by Gasteiger charge is 2.37. The van der Waals surface area contributed by atoms with Crippen LogP contribution in [0.5, 0.6) is 0 Å². The molecule has 310 valence electrons. The summed E-state index contributed by atoms with van der Waals surface area (Å²) in [6.45, 7) is 14.7. The molecule has 5 N–H and O–H groups in total. The van der Waals surface area contributed by atoms with Crippen molar-refractivity contribution in [2.45, 2.75) is 114 Å². The van der Waals surface area contributed by atoms with Crippen molar-refractivity contribution in [3.8, 4) is 0 Å². The number of aliphatic hydroxyl groups is 1. The molecule has 0 saturated carbocycles. The summed E-state index contributed by atoms with van der Waals surface area (Å²) in [5.74, 6) is -0.701. The van der Waals surface area contributed by atoms with Gasteiger partial charge in [-0.3, -0.25) is 14.5 Å². The van der Waals surface area contributed by atoms with Gasteiger partial charge in [0, 0.05) is 34.2 Å². The number of alkyl carbamates (subject to hydrolysis) is 2. The van der Waals surface area contributed by atoms with Gasteiger partial charge in [-0.1, -0.05) is 57.7 Å². The van der Waals surface area contributed by atoms with Crippen molar-refractivity contribution in [2.24, 2.45) is 0 Å². The third kappa shape index (κ3) is 12.4. The SMILES string of the molecule is C.C.C.Cc1ccc2[nH]cc(C[C@H](CN3C(=O)c4ccccc4C3=O)NC(=O)OC(C)(C)C)c2c1.Cc1ccc2[nH]cc(C[C@H](CO)NC(=O)OC(C)(C)C)c2c1. The molecule has 3 heterocycles. The van der Waals surface area contributed by atoms with E-state index in [0.29, 0.717) is 24.0 Å². The lowest BCUT2D eigenvalue weighted by molar-refractivity contribution is 0.0466. The summed E-state index contributed by atoms with van der Waals surface area (Å²) in [6.07, 6.45) is 3.69. The molecule has 0 radical (unpaired) electrons. The Morgan fingerprint density at radius 3 is 1.49 bits per heavy atom. The van der Waals surface area contributed by atoms with Gasteiger partial charge in [-0.05, 0) is 116 Å². The Balaban J connectivity index is 0.000000398. The van der Waals surface area contributed by atoms with Gasteiger partial charge >= 0.3 is 12.2 Å². The average molecular weight is 786 g/mol. The third-order valence-electron chi connectivity index (χ3n) is 8.72. The minimum absolute atomic E-state index is 0. The van der Waals surface area contributed by atoms with Crippen molar-refractivity contribution in [3.05, 3.63) is 106 Å². The maximum absolute atomic E-state index is 12.9. The molecule has 12 heteroatoms. The Bertz CT molecular complexity index is 2120. The summed E-state index contributed by atoms with van der Waals surface area (Å²) in [4.78, 5) is 57.8. The quantitative estimate of drug-likeness (QED) is 0.0931. The zero-order valence-corrected chi connectivity index (χ0v) is 32.3. The Hall–Kier alpha value is -5.62. The van der Waals surface area contributed by atoms with Gasteiger partial charge in [0.2, 0.25) is 0 Å². The molecule has 0 aliphatic carbocycles.